The highest BCUT2D eigenvalue weighted by Gasteiger charge is 2.22. The number of hydrogen-bond donors (Lipinski definition) is 2. The summed E-state index contributed by atoms with van der Waals surface area (Å²) in [7, 11) is -3.50. The molecule has 158 valence electrons. The zero-order valence-corrected chi connectivity index (χ0v) is 18.0. The summed E-state index contributed by atoms with van der Waals surface area (Å²) in [6.45, 7) is 8.07. The van der Waals surface area contributed by atoms with Gasteiger partial charge in [-0.1, -0.05) is 26.0 Å². The van der Waals surface area contributed by atoms with Crippen LogP contribution in [0, 0.1) is 5.82 Å². The molecular weight excluding hydrogens is 393 g/mol. The number of carbonyl (C=O) groups excluding carboxylic acids is 1. The Morgan fingerprint density at radius 3 is 2.07 bits per heavy atom. The Bertz CT molecular complexity index is 911. The lowest BCUT2D eigenvalue weighted by Gasteiger charge is -2.21. The highest BCUT2D eigenvalue weighted by atomic mass is 32.2. The topological polar surface area (TPSA) is 78.5 Å². The van der Waals surface area contributed by atoms with Gasteiger partial charge in [-0.15, -0.1) is 0 Å². The van der Waals surface area contributed by atoms with Gasteiger partial charge in [0.2, 0.25) is 15.9 Å². The Balaban J connectivity index is 2.02. The Labute approximate surface area is 172 Å². The average molecular weight is 422 g/mol. The molecule has 2 aromatic rings. The van der Waals surface area contributed by atoms with Gasteiger partial charge in [0, 0.05) is 24.8 Å². The maximum Gasteiger partial charge on any atom is 0.243 e. The molecule has 0 heterocycles. The van der Waals surface area contributed by atoms with Crippen molar-refractivity contribution in [2.24, 2.45) is 0 Å². The predicted molar refractivity (Wildman–Crippen MR) is 113 cm³/mol. The molecule has 0 fully saturated rings. The number of nitrogens with zero attached hydrogens (tertiary/aromatic N) is 1. The molecule has 0 bridgehead atoms. The second-order valence-electron chi connectivity index (χ2n) is 6.76. The van der Waals surface area contributed by atoms with Crippen LogP contribution >= 0.6 is 0 Å². The van der Waals surface area contributed by atoms with Gasteiger partial charge in [-0.2, -0.15) is 4.31 Å². The van der Waals surface area contributed by atoms with Gasteiger partial charge in [-0.3, -0.25) is 10.1 Å². The molecule has 0 aliphatic rings. The van der Waals surface area contributed by atoms with Gasteiger partial charge in [-0.25, -0.2) is 12.8 Å². The van der Waals surface area contributed by atoms with E-state index in [1.165, 1.54) is 28.6 Å². The van der Waals surface area contributed by atoms with Gasteiger partial charge >= 0.3 is 0 Å². The maximum atomic E-state index is 13.0. The largest absolute Gasteiger partial charge is 0.325 e. The number of benzene rings is 2. The van der Waals surface area contributed by atoms with Crippen LogP contribution in [0.4, 0.5) is 10.1 Å². The Morgan fingerprint density at radius 2 is 1.55 bits per heavy atom. The molecule has 0 aromatic heterocycles. The molecule has 0 saturated heterocycles. The summed E-state index contributed by atoms with van der Waals surface area (Å²) in [6, 6.07) is 11.6. The molecule has 1 amide bonds. The summed E-state index contributed by atoms with van der Waals surface area (Å²) in [5.74, 6) is -0.613. The van der Waals surface area contributed by atoms with E-state index in [4.69, 9.17) is 0 Å². The van der Waals surface area contributed by atoms with Crippen LogP contribution in [-0.4, -0.2) is 37.8 Å². The van der Waals surface area contributed by atoms with Crippen LogP contribution < -0.4 is 10.6 Å². The molecule has 0 radical (unpaired) electrons. The van der Waals surface area contributed by atoms with Crippen LogP contribution in [0.5, 0.6) is 0 Å². The van der Waals surface area contributed by atoms with E-state index in [2.05, 4.69) is 10.6 Å². The summed E-state index contributed by atoms with van der Waals surface area (Å²) >= 11 is 0. The lowest BCUT2D eigenvalue weighted by atomic mass is 10.1. The van der Waals surface area contributed by atoms with E-state index in [1.807, 2.05) is 6.92 Å². The van der Waals surface area contributed by atoms with E-state index in [-0.39, 0.29) is 22.7 Å². The van der Waals surface area contributed by atoms with Gasteiger partial charge in [0.25, 0.3) is 0 Å². The first-order valence-electron chi connectivity index (χ1n) is 9.61. The molecule has 2 rings (SSSR count). The first kappa shape index (κ1) is 23.0. The summed E-state index contributed by atoms with van der Waals surface area (Å²) in [6.07, 6.45) is 0. The third-order valence-corrected chi connectivity index (χ3v) is 6.79. The van der Waals surface area contributed by atoms with Gasteiger partial charge in [0.05, 0.1) is 10.9 Å². The zero-order valence-electron chi connectivity index (χ0n) is 17.1. The zero-order chi connectivity index (χ0) is 21.6. The molecule has 0 aliphatic heterocycles. The fourth-order valence-corrected chi connectivity index (χ4v) is 4.43. The molecule has 2 atom stereocenters. The third-order valence-electron chi connectivity index (χ3n) is 4.73. The quantitative estimate of drug-likeness (QED) is 0.649. The first-order chi connectivity index (χ1) is 13.7. The van der Waals surface area contributed by atoms with Crippen molar-refractivity contribution >= 4 is 21.6 Å². The molecule has 8 heteroatoms. The minimum absolute atomic E-state index is 0.172. The molecule has 0 unspecified atom stereocenters. The van der Waals surface area contributed by atoms with E-state index in [1.54, 1.807) is 45.0 Å². The van der Waals surface area contributed by atoms with E-state index in [9.17, 15) is 17.6 Å². The molecule has 2 N–H and O–H groups in total. The fourth-order valence-electron chi connectivity index (χ4n) is 2.97. The third kappa shape index (κ3) is 5.85. The molecule has 6 nitrogen and oxygen atoms in total. The summed E-state index contributed by atoms with van der Waals surface area (Å²) < 4.78 is 39.5. The van der Waals surface area contributed by atoms with Crippen LogP contribution in [0.3, 0.4) is 0 Å². The number of carbonyl (C=O) groups is 1. The van der Waals surface area contributed by atoms with Crippen molar-refractivity contribution in [2.45, 2.75) is 44.7 Å². The maximum absolute atomic E-state index is 13.0. The molecule has 29 heavy (non-hydrogen) atoms. The lowest BCUT2D eigenvalue weighted by Crippen LogP contribution is -2.39. The number of sulfonamides is 1. The highest BCUT2D eigenvalue weighted by molar-refractivity contribution is 7.89. The molecule has 2 aromatic carbocycles. The van der Waals surface area contributed by atoms with Crippen molar-refractivity contribution in [1.82, 2.24) is 9.62 Å². The summed E-state index contributed by atoms with van der Waals surface area (Å²) in [4.78, 5) is 12.6. The second-order valence-corrected chi connectivity index (χ2v) is 8.70. The van der Waals surface area contributed by atoms with Crippen LogP contribution in [-0.2, 0) is 14.8 Å². The standard InChI is InChI=1S/C21H28FN3O3S/c1-5-25(6-2)29(27,28)20-13-7-17(8-14-20)15(3)23-16(4)21(26)24-19-11-9-18(22)10-12-19/h7-16,23H,5-6H2,1-4H3,(H,24,26)/t15-,16+/m1/s1. The van der Waals surface area contributed by atoms with Crippen molar-refractivity contribution in [3.63, 3.8) is 0 Å². The van der Waals surface area contributed by atoms with E-state index >= 15 is 0 Å². The smallest absolute Gasteiger partial charge is 0.243 e. The van der Waals surface area contributed by atoms with Gasteiger partial charge in [0.1, 0.15) is 5.82 Å². The number of hydrogen-bond acceptors (Lipinski definition) is 4. The summed E-state index contributed by atoms with van der Waals surface area (Å²) in [5.41, 5.74) is 1.38. The number of anilines is 1. The monoisotopic (exact) mass is 421 g/mol. The highest BCUT2D eigenvalue weighted by Crippen LogP contribution is 2.20. The Morgan fingerprint density at radius 1 is 1.00 bits per heavy atom. The van der Waals surface area contributed by atoms with Crippen molar-refractivity contribution < 1.29 is 17.6 Å². The SMILES string of the molecule is CCN(CC)S(=O)(=O)c1ccc([C@@H](C)N[C@@H](C)C(=O)Nc2ccc(F)cc2)cc1. The van der Waals surface area contributed by atoms with Gasteiger partial charge < -0.3 is 5.32 Å². The number of amides is 1. The second kappa shape index (κ2) is 9.96. The van der Waals surface area contributed by atoms with Crippen molar-refractivity contribution in [3.8, 4) is 0 Å². The number of rotatable bonds is 9. The fraction of sp³-hybridized carbons (Fsp3) is 0.381. The molecular formula is C21H28FN3O3S. The molecule has 0 spiro atoms. The van der Waals surface area contributed by atoms with Crippen molar-refractivity contribution in [3.05, 3.63) is 59.9 Å². The predicted octanol–water partition coefficient (Wildman–Crippen LogP) is 3.53. The van der Waals surface area contributed by atoms with E-state index in [0.717, 1.165) is 5.56 Å². The van der Waals surface area contributed by atoms with Crippen molar-refractivity contribution in [2.75, 3.05) is 18.4 Å². The van der Waals surface area contributed by atoms with Crippen LogP contribution in [0.1, 0.15) is 39.3 Å². The van der Waals surface area contributed by atoms with E-state index < -0.39 is 16.1 Å². The Kier molecular flexibility index (Phi) is 7.89. The van der Waals surface area contributed by atoms with Crippen LogP contribution in [0.15, 0.2) is 53.4 Å². The van der Waals surface area contributed by atoms with Gasteiger partial charge in [0.15, 0.2) is 0 Å². The first-order valence-corrected chi connectivity index (χ1v) is 11.1. The van der Waals surface area contributed by atoms with Crippen molar-refractivity contribution in [1.29, 1.82) is 0 Å². The lowest BCUT2D eigenvalue weighted by molar-refractivity contribution is -0.117. The minimum Gasteiger partial charge on any atom is -0.325 e. The average Bonchev–Trinajstić information content (AvgIpc) is 2.70. The number of halogens is 1. The molecule has 0 saturated carbocycles. The number of nitrogens with one attached hydrogen (secondary N) is 2. The van der Waals surface area contributed by atoms with Gasteiger partial charge in [-0.05, 0) is 55.8 Å². The van der Waals surface area contributed by atoms with Crippen LogP contribution in [0.25, 0.3) is 0 Å². The van der Waals surface area contributed by atoms with Crippen LogP contribution in [0.2, 0.25) is 0 Å². The Hall–Kier alpha value is -2.29. The normalized spacial score (nSPS) is 13.9. The summed E-state index contributed by atoms with van der Waals surface area (Å²) in [5, 5.41) is 5.91. The minimum atomic E-state index is -3.50. The molecule has 0 aliphatic carbocycles. The van der Waals surface area contributed by atoms with E-state index in [0.29, 0.717) is 18.8 Å².